The second kappa shape index (κ2) is 7.76. The van der Waals surface area contributed by atoms with Crippen molar-refractivity contribution in [2.24, 2.45) is 0 Å². The highest BCUT2D eigenvalue weighted by molar-refractivity contribution is 7.80. The third-order valence-corrected chi connectivity index (χ3v) is 4.03. The van der Waals surface area contributed by atoms with Gasteiger partial charge >= 0.3 is 5.97 Å². The lowest BCUT2D eigenvalue weighted by atomic mass is 10.0. The Morgan fingerprint density at radius 3 is 2.35 bits per heavy atom. The van der Waals surface area contributed by atoms with E-state index in [-0.39, 0.29) is 17.4 Å². The highest BCUT2D eigenvalue weighted by Crippen LogP contribution is 2.18. The topological polar surface area (TPSA) is 78.4 Å². The first-order valence-electron chi connectivity index (χ1n) is 7.94. The SMILES string of the molecule is O=C(O)Cc1ccc(NC(=S)NC(=O)c2cccc3ccccc23)cc1. The summed E-state index contributed by atoms with van der Waals surface area (Å²) in [6.07, 6.45) is -0.0391. The average Bonchev–Trinajstić information content (AvgIpc) is 2.62. The molecule has 0 aliphatic heterocycles. The van der Waals surface area contributed by atoms with Gasteiger partial charge in [0.2, 0.25) is 0 Å². The van der Waals surface area contributed by atoms with Crippen molar-refractivity contribution in [3.05, 3.63) is 77.9 Å². The number of carboxylic acids is 1. The summed E-state index contributed by atoms with van der Waals surface area (Å²) in [5.41, 5.74) is 1.90. The van der Waals surface area contributed by atoms with Gasteiger partial charge in [-0.1, -0.05) is 48.5 Å². The van der Waals surface area contributed by atoms with Crippen LogP contribution in [0.1, 0.15) is 15.9 Å². The van der Waals surface area contributed by atoms with Gasteiger partial charge in [0.05, 0.1) is 6.42 Å². The smallest absolute Gasteiger partial charge is 0.307 e. The van der Waals surface area contributed by atoms with E-state index < -0.39 is 5.97 Å². The van der Waals surface area contributed by atoms with E-state index in [1.807, 2.05) is 36.4 Å². The number of hydrogen-bond acceptors (Lipinski definition) is 3. The van der Waals surface area contributed by atoms with Gasteiger partial charge in [-0.25, -0.2) is 0 Å². The van der Waals surface area contributed by atoms with Crippen LogP contribution in [0.2, 0.25) is 0 Å². The normalized spacial score (nSPS) is 10.3. The highest BCUT2D eigenvalue weighted by Gasteiger charge is 2.11. The minimum absolute atomic E-state index is 0.0391. The summed E-state index contributed by atoms with van der Waals surface area (Å²) in [4.78, 5) is 23.2. The molecule has 0 aliphatic rings. The summed E-state index contributed by atoms with van der Waals surface area (Å²) in [5.74, 6) is -1.18. The fourth-order valence-corrected chi connectivity index (χ4v) is 2.85. The molecule has 0 unspecified atom stereocenters. The van der Waals surface area contributed by atoms with Crippen molar-refractivity contribution in [2.75, 3.05) is 5.32 Å². The molecule has 0 saturated heterocycles. The molecule has 3 aromatic carbocycles. The molecule has 1 amide bonds. The van der Waals surface area contributed by atoms with Crippen LogP contribution in [0.4, 0.5) is 5.69 Å². The van der Waals surface area contributed by atoms with Gasteiger partial charge in [0, 0.05) is 11.3 Å². The van der Waals surface area contributed by atoms with Gasteiger partial charge in [-0.05, 0) is 46.8 Å². The van der Waals surface area contributed by atoms with E-state index in [0.29, 0.717) is 16.8 Å². The van der Waals surface area contributed by atoms with Gasteiger partial charge < -0.3 is 10.4 Å². The Bertz CT molecular complexity index is 979. The van der Waals surface area contributed by atoms with Crippen LogP contribution in [0.5, 0.6) is 0 Å². The third-order valence-electron chi connectivity index (χ3n) is 3.83. The number of amides is 1. The van der Waals surface area contributed by atoms with Crippen molar-refractivity contribution in [3.8, 4) is 0 Å². The summed E-state index contributed by atoms with van der Waals surface area (Å²) in [6, 6.07) is 20.0. The van der Waals surface area contributed by atoms with E-state index in [0.717, 1.165) is 10.8 Å². The average molecular weight is 364 g/mol. The molecule has 0 atom stereocenters. The molecule has 0 spiro atoms. The van der Waals surface area contributed by atoms with E-state index in [1.165, 1.54) is 0 Å². The number of rotatable bonds is 4. The number of nitrogens with one attached hydrogen (secondary N) is 2. The lowest BCUT2D eigenvalue weighted by molar-refractivity contribution is -0.136. The largest absolute Gasteiger partial charge is 0.481 e. The van der Waals surface area contributed by atoms with Crippen molar-refractivity contribution in [1.29, 1.82) is 0 Å². The van der Waals surface area contributed by atoms with E-state index in [2.05, 4.69) is 10.6 Å². The fraction of sp³-hybridized carbons (Fsp3) is 0.0500. The van der Waals surface area contributed by atoms with E-state index >= 15 is 0 Å². The predicted molar refractivity (Wildman–Crippen MR) is 105 cm³/mol. The number of fused-ring (bicyclic) bond motifs is 1. The van der Waals surface area contributed by atoms with E-state index in [4.69, 9.17) is 17.3 Å². The molecule has 26 heavy (non-hydrogen) atoms. The number of benzene rings is 3. The number of aliphatic carboxylic acids is 1. The van der Waals surface area contributed by atoms with Crippen molar-refractivity contribution in [3.63, 3.8) is 0 Å². The number of carboxylic acid groups (broad SMARTS) is 1. The molecule has 3 rings (SSSR count). The molecule has 0 bridgehead atoms. The minimum atomic E-state index is -0.886. The molecule has 5 nitrogen and oxygen atoms in total. The van der Waals surface area contributed by atoms with Gasteiger partial charge in [0.15, 0.2) is 5.11 Å². The van der Waals surface area contributed by atoms with Crippen LogP contribution < -0.4 is 10.6 Å². The van der Waals surface area contributed by atoms with Crippen LogP contribution >= 0.6 is 12.2 Å². The number of thiocarbonyl (C=S) groups is 1. The first-order valence-corrected chi connectivity index (χ1v) is 8.34. The zero-order valence-corrected chi connectivity index (χ0v) is 14.5. The van der Waals surface area contributed by atoms with Crippen LogP contribution in [0.15, 0.2) is 66.7 Å². The zero-order chi connectivity index (χ0) is 18.5. The Balaban J connectivity index is 1.67. The van der Waals surface area contributed by atoms with Gasteiger partial charge in [-0.3, -0.25) is 14.9 Å². The summed E-state index contributed by atoms with van der Waals surface area (Å²) >= 11 is 5.20. The molecule has 0 fully saturated rings. The standard InChI is InChI=1S/C20H16N2O3S/c23-18(24)12-13-8-10-15(11-9-13)21-20(26)22-19(25)17-7-3-5-14-4-1-2-6-16(14)17/h1-11H,12H2,(H,23,24)(H2,21,22,25,26). The Kier molecular flexibility index (Phi) is 5.24. The Morgan fingerprint density at radius 2 is 1.62 bits per heavy atom. The lowest BCUT2D eigenvalue weighted by Gasteiger charge is -2.11. The molecule has 0 saturated carbocycles. The Labute approximate surface area is 155 Å². The van der Waals surface area contributed by atoms with Gasteiger partial charge in [-0.2, -0.15) is 0 Å². The number of hydrogen-bond donors (Lipinski definition) is 3. The summed E-state index contributed by atoms with van der Waals surface area (Å²) in [5, 5.41) is 16.4. The maximum atomic E-state index is 12.5. The van der Waals surface area contributed by atoms with Crippen LogP contribution in [0.3, 0.4) is 0 Å². The molecular weight excluding hydrogens is 348 g/mol. The number of anilines is 1. The van der Waals surface area contributed by atoms with Gasteiger partial charge in [0.25, 0.3) is 5.91 Å². The second-order valence-electron chi connectivity index (χ2n) is 5.70. The van der Waals surface area contributed by atoms with Crippen LogP contribution in [0, 0.1) is 0 Å². The van der Waals surface area contributed by atoms with Crippen molar-refractivity contribution >= 4 is 45.7 Å². The van der Waals surface area contributed by atoms with Crippen LogP contribution in [-0.4, -0.2) is 22.1 Å². The third kappa shape index (κ3) is 4.23. The molecule has 3 N–H and O–H groups in total. The molecule has 0 radical (unpaired) electrons. The highest BCUT2D eigenvalue weighted by atomic mass is 32.1. The fourth-order valence-electron chi connectivity index (χ4n) is 2.64. The summed E-state index contributed by atoms with van der Waals surface area (Å²) < 4.78 is 0. The first kappa shape index (κ1) is 17.6. The van der Waals surface area contributed by atoms with Crippen molar-refractivity contribution < 1.29 is 14.7 Å². The van der Waals surface area contributed by atoms with Gasteiger partial charge in [-0.15, -0.1) is 0 Å². The number of carbonyl (C=O) groups excluding carboxylic acids is 1. The monoisotopic (exact) mass is 364 g/mol. The molecule has 0 aromatic heterocycles. The Hall–Kier alpha value is -3.25. The lowest BCUT2D eigenvalue weighted by Crippen LogP contribution is -2.34. The molecule has 130 valence electrons. The Morgan fingerprint density at radius 1 is 0.923 bits per heavy atom. The van der Waals surface area contributed by atoms with Crippen LogP contribution in [0.25, 0.3) is 10.8 Å². The first-order chi connectivity index (χ1) is 12.5. The quantitative estimate of drug-likeness (QED) is 0.617. The molecule has 0 heterocycles. The summed E-state index contributed by atoms with van der Waals surface area (Å²) in [7, 11) is 0. The van der Waals surface area contributed by atoms with E-state index in [9.17, 15) is 9.59 Å². The zero-order valence-electron chi connectivity index (χ0n) is 13.7. The maximum Gasteiger partial charge on any atom is 0.307 e. The van der Waals surface area contributed by atoms with Crippen LogP contribution in [-0.2, 0) is 11.2 Å². The molecule has 3 aromatic rings. The second-order valence-corrected chi connectivity index (χ2v) is 6.11. The van der Waals surface area contributed by atoms with Crippen molar-refractivity contribution in [2.45, 2.75) is 6.42 Å². The van der Waals surface area contributed by atoms with E-state index in [1.54, 1.807) is 30.3 Å². The summed E-state index contributed by atoms with van der Waals surface area (Å²) in [6.45, 7) is 0. The molecule has 0 aliphatic carbocycles. The minimum Gasteiger partial charge on any atom is -0.481 e. The molecule has 6 heteroatoms. The maximum absolute atomic E-state index is 12.5. The predicted octanol–water partition coefficient (Wildman–Crippen LogP) is 3.59. The van der Waals surface area contributed by atoms with Gasteiger partial charge in [0.1, 0.15) is 0 Å². The molecular formula is C20H16N2O3S. The number of carbonyl (C=O) groups is 2. The van der Waals surface area contributed by atoms with Crippen molar-refractivity contribution in [1.82, 2.24) is 5.32 Å².